The largest absolute Gasteiger partial charge is 0.489 e. The van der Waals surface area contributed by atoms with Crippen LogP contribution in [0.4, 0.5) is 5.95 Å². The molecule has 0 radical (unpaired) electrons. The Morgan fingerprint density at radius 2 is 1.70 bits per heavy atom. The summed E-state index contributed by atoms with van der Waals surface area (Å²) in [5.74, 6) is -0.518. The number of methoxy groups -OCH3 is 1. The third-order valence-electron chi connectivity index (χ3n) is 5.82. The first-order valence-corrected chi connectivity index (χ1v) is 12.3. The van der Waals surface area contributed by atoms with Gasteiger partial charge in [-0.2, -0.15) is 0 Å². The highest BCUT2D eigenvalue weighted by molar-refractivity contribution is 6.27. The van der Waals surface area contributed by atoms with Crippen LogP contribution in [0, 0.1) is 0 Å². The number of imidazole rings is 1. The number of ether oxygens (including phenoxy) is 4. The normalized spacial score (nSPS) is 11.3. The zero-order valence-corrected chi connectivity index (χ0v) is 21.8. The molecule has 40 heavy (non-hydrogen) atoms. The summed E-state index contributed by atoms with van der Waals surface area (Å²) in [6.07, 6.45) is 1.87. The van der Waals surface area contributed by atoms with E-state index in [0.717, 1.165) is 45.6 Å². The first-order valence-electron chi connectivity index (χ1n) is 12.3. The fraction of sp³-hybridized carbons (Fsp3) is 0.207. The van der Waals surface area contributed by atoms with Gasteiger partial charge in [0.1, 0.15) is 12.4 Å². The van der Waals surface area contributed by atoms with Crippen molar-refractivity contribution in [3.63, 3.8) is 0 Å². The molecular formula is C29H29N3O8. The van der Waals surface area contributed by atoms with E-state index >= 15 is 0 Å². The van der Waals surface area contributed by atoms with E-state index in [1.807, 2.05) is 54.7 Å². The lowest BCUT2D eigenvalue weighted by atomic mass is 10.1. The molecule has 0 atom stereocenters. The number of carbonyl (C=O) groups is 2. The predicted molar refractivity (Wildman–Crippen MR) is 145 cm³/mol. The zero-order valence-electron chi connectivity index (χ0n) is 21.8. The quantitative estimate of drug-likeness (QED) is 0.246. The van der Waals surface area contributed by atoms with Crippen LogP contribution in [0.15, 0.2) is 79.0 Å². The van der Waals surface area contributed by atoms with Crippen molar-refractivity contribution in [2.24, 2.45) is 0 Å². The number of nitrogens with zero attached hydrogens (tertiary/aromatic N) is 2. The summed E-state index contributed by atoms with van der Waals surface area (Å²) in [5, 5.41) is 18.2. The Kier molecular flexibility index (Phi) is 9.57. The molecule has 1 aliphatic rings. The van der Waals surface area contributed by atoms with Crippen LogP contribution in [0.25, 0.3) is 11.3 Å². The van der Waals surface area contributed by atoms with Crippen molar-refractivity contribution in [3.8, 4) is 28.5 Å². The summed E-state index contributed by atoms with van der Waals surface area (Å²) in [7, 11) is 1.70. The molecular weight excluding hydrogens is 518 g/mol. The van der Waals surface area contributed by atoms with E-state index in [0.29, 0.717) is 26.3 Å². The smallest absolute Gasteiger partial charge is 0.414 e. The van der Waals surface area contributed by atoms with E-state index in [9.17, 15) is 0 Å². The van der Waals surface area contributed by atoms with E-state index in [1.54, 1.807) is 7.11 Å². The Bertz CT molecular complexity index is 1430. The molecule has 0 aliphatic carbocycles. The van der Waals surface area contributed by atoms with Crippen LogP contribution in [-0.2, 0) is 34.0 Å². The Hall–Kier alpha value is -5.03. The number of hydrogen-bond donors (Lipinski definition) is 3. The van der Waals surface area contributed by atoms with Gasteiger partial charge >= 0.3 is 11.9 Å². The minimum atomic E-state index is -1.82. The van der Waals surface area contributed by atoms with Crippen LogP contribution < -0.4 is 19.5 Å². The third kappa shape index (κ3) is 7.51. The molecule has 0 saturated carbocycles. The topological polar surface area (TPSA) is 141 Å². The summed E-state index contributed by atoms with van der Waals surface area (Å²) >= 11 is 0. The molecule has 11 nitrogen and oxygen atoms in total. The summed E-state index contributed by atoms with van der Waals surface area (Å²) in [4.78, 5) is 22.8. The summed E-state index contributed by atoms with van der Waals surface area (Å²) in [5.41, 5.74) is 4.24. The Morgan fingerprint density at radius 3 is 2.45 bits per heavy atom. The van der Waals surface area contributed by atoms with Crippen LogP contribution in [0.1, 0.15) is 11.1 Å². The van der Waals surface area contributed by atoms with Gasteiger partial charge in [-0.1, -0.05) is 42.5 Å². The highest BCUT2D eigenvalue weighted by Gasteiger charge is 2.17. The van der Waals surface area contributed by atoms with Gasteiger partial charge in [-0.15, -0.1) is 0 Å². The number of aromatic nitrogens is 2. The van der Waals surface area contributed by atoms with Crippen LogP contribution in [0.2, 0.25) is 0 Å². The number of fused-ring (bicyclic) bond motifs is 1. The first-order chi connectivity index (χ1) is 19.4. The summed E-state index contributed by atoms with van der Waals surface area (Å²) < 4.78 is 24.4. The van der Waals surface area contributed by atoms with Crippen molar-refractivity contribution in [1.29, 1.82) is 0 Å². The van der Waals surface area contributed by atoms with Gasteiger partial charge in [-0.25, -0.2) is 14.6 Å². The molecule has 1 aromatic heterocycles. The van der Waals surface area contributed by atoms with E-state index in [4.69, 9.17) is 38.7 Å². The molecule has 4 aromatic rings. The van der Waals surface area contributed by atoms with Crippen molar-refractivity contribution >= 4 is 17.9 Å². The molecule has 0 saturated heterocycles. The van der Waals surface area contributed by atoms with Gasteiger partial charge in [0.25, 0.3) is 0 Å². The monoisotopic (exact) mass is 547 g/mol. The van der Waals surface area contributed by atoms with Gasteiger partial charge in [-0.3, -0.25) is 0 Å². The number of benzene rings is 3. The Balaban J connectivity index is 0.000000557. The molecule has 0 amide bonds. The highest BCUT2D eigenvalue weighted by atomic mass is 16.7. The second kappa shape index (κ2) is 13.7. The third-order valence-corrected chi connectivity index (χ3v) is 5.82. The van der Waals surface area contributed by atoms with E-state index < -0.39 is 11.9 Å². The number of hydrogen-bond acceptors (Lipinski definition) is 8. The van der Waals surface area contributed by atoms with Crippen molar-refractivity contribution in [3.05, 3.63) is 90.1 Å². The average Bonchev–Trinajstić information content (AvgIpc) is 3.61. The van der Waals surface area contributed by atoms with Crippen molar-refractivity contribution < 1.29 is 38.7 Å². The molecule has 0 fully saturated rings. The lowest BCUT2D eigenvalue weighted by Crippen LogP contribution is -2.11. The van der Waals surface area contributed by atoms with Crippen LogP contribution in [0.5, 0.6) is 17.2 Å². The molecule has 0 spiro atoms. The fourth-order valence-corrected chi connectivity index (χ4v) is 3.88. The maximum Gasteiger partial charge on any atom is 0.414 e. The van der Waals surface area contributed by atoms with Gasteiger partial charge in [0.2, 0.25) is 12.7 Å². The molecule has 11 heteroatoms. The summed E-state index contributed by atoms with van der Waals surface area (Å²) in [6.45, 7) is 2.65. The van der Waals surface area contributed by atoms with Crippen molar-refractivity contribution in [1.82, 2.24) is 9.55 Å². The lowest BCUT2D eigenvalue weighted by molar-refractivity contribution is -0.159. The Morgan fingerprint density at radius 1 is 0.950 bits per heavy atom. The van der Waals surface area contributed by atoms with E-state index in [2.05, 4.69) is 39.1 Å². The number of anilines is 1. The van der Waals surface area contributed by atoms with Crippen LogP contribution >= 0.6 is 0 Å². The standard InChI is InChI=1S/C27H27N3O4.C2H2O4/c1-31-13-12-30-24(22-10-11-25-26(15-22)34-19-33-25)17-29-27(30)28-16-21-8-5-9-23(14-21)32-18-20-6-3-2-4-7-20;3-1(4)2(5)6/h2-11,14-15,17H,12-13,16,18-19H2,1H3,(H,28,29);(H,3,4)(H,5,6). The molecule has 208 valence electrons. The number of nitrogens with one attached hydrogen (secondary N) is 1. The van der Waals surface area contributed by atoms with Gasteiger partial charge < -0.3 is 39.0 Å². The second-order valence-electron chi connectivity index (χ2n) is 8.57. The highest BCUT2D eigenvalue weighted by Crippen LogP contribution is 2.36. The number of rotatable bonds is 10. The van der Waals surface area contributed by atoms with E-state index in [1.165, 1.54) is 0 Å². The molecule has 0 unspecified atom stereocenters. The van der Waals surface area contributed by atoms with Gasteiger partial charge in [0.15, 0.2) is 11.5 Å². The molecule has 5 rings (SSSR count). The Labute approximate surface area is 230 Å². The number of aliphatic carboxylic acids is 2. The first kappa shape index (κ1) is 28.0. The van der Waals surface area contributed by atoms with Gasteiger partial charge in [0, 0.05) is 25.8 Å². The van der Waals surface area contributed by atoms with Crippen LogP contribution in [0.3, 0.4) is 0 Å². The number of carboxylic acids is 2. The number of carboxylic acid groups (broad SMARTS) is 2. The minimum Gasteiger partial charge on any atom is -0.489 e. The zero-order chi connectivity index (χ0) is 28.3. The maximum absolute atomic E-state index is 9.10. The molecule has 3 N–H and O–H groups in total. The lowest BCUT2D eigenvalue weighted by Gasteiger charge is -2.14. The fourth-order valence-electron chi connectivity index (χ4n) is 3.88. The molecule has 1 aliphatic heterocycles. The predicted octanol–water partition coefficient (Wildman–Crippen LogP) is 4.27. The summed E-state index contributed by atoms with van der Waals surface area (Å²) in [6, 6.07) is 24.2. The molecule has 3 aromatic carbocycles. The second-order valence-corrected chi connectivity index (χ2v) is 8.57. The maximum atomic E-state index is 9.10. The van der Waals surface area contributed by atoms with Gasteiger partial charge in [-0.05, 0) is 41.5 Å². The van der Waals surface area contributed by atoms with E-state index in [-0.39, 0.29) is 6.79 Å². The minimum absolute atomic E-state index is 0.253. The molecule has 2 heterocycles. The van der Waals surface area contributed by atoms with Gasteiger partial charge in [0.05, 0.1) is 18.5 Å². The van der Waals surface area contributed by atoms with Crippen molar-refractivity contribution in [2.45, 2.75) is 19.7 Å². The van der Waals surface area contributed by atoms with Crippen LogP contribution in [-0.4, -0.2) is 52.2 Å². The molecule has 0 bridgehead atoms. The van der Waals surface area contributed by atoms with Crippen molar-refractivity contribution in [2.75, 3.05) is 25.8 Å². The average molecular weight is 548 g/mol. The SMILES string of the molecule is COCCn1c(-c2ccc3c(c2)OCO3)cnc1NCc1cccc(OCc2ccccc2)c1.O=C(O)C(=O)O.